The lowest BCUT2D eigenvalue weighted by atomic mass is 10.0. The predicted molar refractivity (Wildman–Crippen MR) is 57.1 cm³/mol. The lowest BCUT2D eigenvalue weighted by Gasteiger charge is -2.16. The third-order valence-electron chi connectivity index (χ3n) is 2.18. The van der Waals surface area contributed by atoms with Gasteiger partial charge < -0.3 is 4.74 Å². The SMILES string of the molecule is FC(F)c1c(CCCCl)cccc1OC(F)(F)F. The van der Waals surface area contributed by atoms with E-state index in [0.717, 1.165) is 6.07 Å². The molecule has 1 rings (SSSR count). The van der Waals surface area contributed by atoms with Crippen molar-refractivity contribution in [2.45, 2.75) is 25.6 Å². The number of hydrogen-bond donors (Lipinski definition) is 0. The average molecular weight is 289 g/mol. The molecule has 0 fully saturated rings. The molecule has 0 heterocycles. The molecule has 102 valence electrons. The van der Waals surface area contributed by atoms with Gasteiger partial charge in [0, 0.05) is 5.88 Å². The van der Waals surface area contributed by atoms with E-state index in [9.17, 15) is 22.0 Å². The van der Waals surface area contributed by atoms with Gasteiger partial charge in [0.1, 0.15) is 5.75 Å². The zero-order valence-corrected chi connectivity index (χ0v) is 9.86. The Morgan fingerprint density at radius 2 is 1.89 bits per heavy atom. The highest BCUT2D eigenvalue weighted by atomic mass is 35.5. The number of aryl methyl sites for hydroxylation is 1. The molecule has 0 amide bonds. The van der Waals surface area contributed by atoms with E-state index in [1.165, 1.54) is 12.1 Å². The standard InChI is InChI=1S/C11H10ClF5O/c12-6-2-4-7-3-1-5-8(9(7)10(13)14)18-11(15,16)17/h1,3,5,10H,2,4,6H2. The highest BCUT2D eigenvalue weighted by Crippen LogP contribution is 2.35. The van der Waals surface area contributed by atoms with Crippen LogP contribution < -0.4 is 4.74 Å². The van der Waals surface area contributed by atoms with E-state index >= 15 is 0 Å². The number of halogens is 6. The highest BCUT2D eigenvalue weighted by Gasteiger charge is 2.33. The highest BCUT2D eigenvalue weighted by molar-refractivity contribution is 6.17. The van der Waals surface area contributed by atoms with Crippen molar-refractivity contribution in [3.63, 3.8) is 0 Å². The lowest BCUT2D eigenvalue weighted by molar-refractivity contribution is -0.275. The molecule has 0 radical (unpaired) electrons. The molecule has 0 bridgehead atoms. The average Bonchev–Trinajstić information content (AvgIpc) is 2.23. The molecular formula is C11H10ClF5O. The van der Waals surface area contributed by atoms with Crippen LogP contribution in [0.5, 0.6) is 5.75 Å². The minimum Gasteiger partial charge on any atom is -0.405 e. The van der Waals surface area contributed by atoms with Crippen LogP contribution in [0, 0.1) is 0 Å². The molecule has 0 N–H and O–H groups in total. The van der Waals surface area contributed by atoms with Gasteiger partial charge in [-0.05, 0) is 24.5 Å². The third kappa shape index (κ3) is 4.33. The fourth-order valence-electron chi connectivity index (χ4n) is 1.53. The fraction of sp³-hybridized carbons (Fsp3) is 0.455. The number of hydrogen-bond acceptors (Lipinski definition) is 1. The Kier molecular flexibility index (Phi) is 5.19. The van der Waals surface area contributed by atoms with Crippen molar-refractivity contribution < 1.29 is 26.7 Å². The van der Waals surface area contributed by atoms with Crippen molar-refractivity contribution in [1.29, 1.82) is 0 Å². The molecule has 0 saturated heterocycles. The van der Waals surface area contributed by atoms with Crippen molar-refractivity contribution >= 4 is 11.6 Å². The van der Waals surface area contributed by atoms with Gasteiger partial charge in [0.25, 0.3) is 6.43 Å². The summed E-state index contributed by atoms with van der Waals surface area (Å²) in [5.41, 5.74) is -0.604. The number of alkyl halides is 6. The molecule has 18 heavy (non-hydrogen) atoms. The molecule has 0 unspecified atom stereocenters. The third-order valence-corrected chi connectivity index (χ3v) is 2.45. The van der Waals surface area contributed by atoms with E-state index in [4.69, 9.17) is 11.6 Å². The van der Waals surface area contributed by atoms with E-state index in [0.29, 0.717) is 6.42 Å². The molecule has 0 aromatic heterocycles. The minimum atomic E-state index is -4.99. The van der Waals surface area contributed by atoms with Gasteiger partial charge in [-0.1, -0.05) is 12.1 Å². The van der Waals surface area contributed by atoms with E-state index in [1.54, 1.807) is 0 Å². The quantitative estimate of drug-likeness (QED) is 0.564. The predicted octanol–water partition coefficient (Wildman–Crippen LogP) is 4.69. The molecule has 0 aliphatic rings. The maximum Gasteiger partial charge on any atom is 0.573 e. The Morgan fingerprint density at radius 1 is 1.22 bits per heavy atom. The van der Waals surface area contributed by atoms with E-state index in [2.05, 4.69) is 4.74 Å². The number of rotatable bonds is 5. The summed E-state index contributed by atoms with van der Waals surface area (Å²) in [5, 5.41) is 0. The maximum atomic E-state index is 12.8. The van der Waals surface area contributed by atoms with E-state index in [1.807, 2.05) is 0 Å². The fourth-order valence-corrected chi connectivity index (χ4v) is 1.66. The Bertz CT molecular complexity index is 392. The minimum absolute atomic E-state index is 0.118. The Morgan fingerprint density at radius 3 is 2.39 bits per heavy atom. The van der Waals surface area contributed by atoms with Crippen LogP contribution >= 0.6 is 11.6 Å². The summed E-state index contributed by atoms with van der Waals surface area (Å²) in [7, 11) is 0. The van der Waals surface area contributed by atoms with Crippen molar-refractivity contribution in [3.8, 4) is 5.75 Å². The molecule has 7 heteroatoms. The first kappa shape index (κ1) is 15.0. The Labute approximate surface area is 106 Å². The van der Waals surface area contributed by atoms with Gasteiger partial charge in [0.15, 0.2) is 0 Å². The first-order valence-electron chi connectivity index (χ1n) is 5.07. The second-order valence-corrected chi connectivity index (χ2v) is 3.85. The summed E-state index contributed by atoms with van der Waals surface area (Å²) in [4.78, 5) is 0. The Hall–Kier alpha value is -1.04. The second kappa shape index (κ2) is 6.22. The van der Waals surface area contributed by atoms with Gasteiger partial charge in [-0.3, -0.25) is 0 Å². The van der Waals surface area contributed by atoms with Crippen LogP contribution in [0.25, 0.3) is 0 Å². The summed E-state index contributed by atoms with van der Waals surface area (Å²) in [5.74, 6) is -0.614. The molecule has 0 aliphatic heterocycles. The molecule has 0 aliphatic carbocycles. The molecule has 1 nitrogen and oxygen atoms in total. The Balaban J connectivity index is 3.09. The summed E-state index contributed by atoms with van der Waals surface area (Å²) in [6.45, 7) is 0. The zero-order valence-electron chi connectivity index (χ0n) is 9.11. The summed E-state index contributed by atoms with van der Waals surface area (Å²) in [6, 6.07) is 3.47. The molecule has 0 saturated carbocycles. The normalized spacial score (nSPS) is 11.9. The van der Waals surface area contributed by atoms with Crippen LogP contribution in [0.4, 0.5) is 22.0 Å². The van der Waals surface area contributed by atoms with Crippen molar-refractivity contribution in [2.24, 2.45) is 0 Å². The van der Waals surface area contributed by atoms with Crippen LogP contribution in [-0.4, -0.2) is 12.2 Å². The second-order valence-electron chi connectivity index (χ2n) is 3.47. The topological polar surface area (TPSA) is 9.23 Å². The first-order valence-corrected chi connectivity index (χ1v) is 5.60. The van der Waals surface area contributed by atoms with Gasteiger partial charge in [-0.15, -0.1) is 24.8 Å². The molecular weight excluding hydrogens is 279 g/mol. The summed E-state index contributed by atoms with van der Waals surface area (Å²) < 4.78 is 65.5. The summed E-state index contributed by atoms with van der Waals surface area (Å²) in [6.07, 6.45) is -7.45. The zero-order chi connectivity index (χ0) is 13.8. The number of ether oxygens (including phenoxy) is 1. The van der Waals surface area contributed by atoms with Crippen molar-refractivity contribution in [3.05, 3.63) is 29.3 Å². The van der Waals surface area contributed by atoms with Gasteiger partial charge in [0.2, 0.25) is 0 Å². The number of benzene rings is 1. The van der Waals surface area contributed by atoms with Gasteiger partial charge in [-0.2, -0.15) is 0 Å². The summed E-state index contributed by atoms with van der Waals surface area (Å²) >= 11 is 5.43. The van der Waals surface area contributed by atoms with Crippen LogP contribution in [0.15, 0.2) is 18.2 Å². The molecule has 0 spiro atoms. The van der Waals surface area contributed by atoms with Gasteiger partial charge >= 0.3 is 6.36 Å². The monoisotopic (exact) mass is 288 g/mol. The smallest absolute Gasteiger partial charge is 0.405 e. The molecule has 1 aromatic carbocycles. The van der Waals surface area contributed by atoms with Crippen LogP contribution in [0.3, 0.4) is 0 Å². The maximum absolute atomic E-state index is 12.8. The largest absolute Gasteiger partial charge is 0.573 e. The van der Waals surface area contributed by atoms with Crippen LogP contribution in [0.1, 0.15) is 24.0 Å². The van der Waals surface area contributed by atoms with E-state index < -0.39 is 24.1 Å². The van der Waals surface area contributed by atoms with Gasteiger partial charge in [0.05, 0.1) is 5.56 Å². The first-order chi connectivity index (χ1) is 8.35. The lowest BCUT2D eigenvalue weighted by Crippen LogP contribution is -2.18. The van der Waals surface area contributed by atoms with E-state index in [-0.39, 0.29) is 17.9 Å². The molecule has 1 aromatic rings. The van der Waals surface area contributed by atoms with Crippen molar-refractivity contribution in [1.82, 2.24) is 0 Å². The van der Waals surface area contributed by atoms with Gasteiger partial charge in [-0.25, -0.2) is 8.78 Å². The van der Waals surface area contributed by atoms with Crippen LogP contribution in [0.2, 0.25) is 0 Å². The van der Waals surface area contributed by atoms with Crippen molar-refractivity contribution in [2.75, 3.05) is 5.88 Å². The molecule has 0 atom stereocenters. The van der Waals surface area contributed by atoms with Crippen LogP contribution in [-0.2, 0) is 6.42 Å².